The van der Waals surface area contributed by atoms with Gasteiger partial charge in [0, 0.05) is 12.3 Å². The van der Waals surface area contributed by atoms with Crippen molar-refractivity contribution in [2.75, 3.05) is 44.7 Å². The van der Waals surface area contributed by atoms with Crippen LogP contribution >= 0.6 is 0 Å². The molecule has 1 aliphatic heterocycles. The maximum atomic E-state index is 11.3. The summed E-state index contributed by atoms with van der Waals surface area (Å²) in [5.74, 6) is 1.38. The molecule has 5 heteroatoms. The van der Waals surface area contributed by atoms with Crippen LogP contribution in [0.25, 0.3) is 0 Å². The fraction of sp³-hybridized carbons (Fsp3) is 1.00. The first-order valence-electron chi connectivity index (χ1n) is 6.63. The van der Waals surface area contributed by atoms with Crippen molar-refractivity contribution < 1.29 is 8.42 Å². The summed E-state index contributed by atoms with van der Waals surface area (Å²) in [6.07, 6.45) is 3.26. The van der Waals surface area contributed by atoms with E-state index in [1.54, 1.807) is 6.92 Å². The van der Waals surface area contributed by atoms with Gasteiger partial charge < -0.3 is 10.2 Å². The maximum absolute atomic E-state index is 11.3. The van der Waals surface area contributed by atoms with Gasteiger partial charge in [-0.3, -0.25) is 0 Å². The summed E-state index contributed by atoms with van der Waals surface area (Å²) >= 11 is 0. The zero-order chi connectivity index (χ0) is 12.7. The van der Waals surface area contributed by atoms with Crippen LogP contribution in [0.15, 0.2) is 0 Å². The van der Waals surface area contributed by atoms with Crippen LogP contribution in [0.5, 0.6) is 0 Å². The van der Waals surface area contributed by atoms with Gasteiger partial charge in [-0.25, -0.2) is 8.42 Å². The molecule has 1 rings (SSSR count). The van der Waals surface area contributed by atoms with Crippen LogP contribution in [-0.4, -0.2) is 58.1 Å². The molecule has 0 aromatic carbocycles. The summed E-state index contributed by atoms with van der Waals surface area (Å²) in [5.41, 5.74) is 0. The minimum Gasteiger partial charge on any atom is -0.317 e. The van der Waals surface area contributed by atoms with E-state index in [9.17, 15) is 8.42 Å². The van der Waals surface area contributed by atoms with E-state index in [2.05, 4.69) is 17.3 Å². The van der Waals surface area contributed by atoms with Crippen LogP contribution < -0.4 is 5.32 Å². The van der Waals surface area contributed by atoms with Crippen molar-refractivity contribution in [2.45, 2.75) is 26.2 Å². The van der Waals surface area contributed by atoms with E-state index >= 15 is 0 Å². The fourth-order valence-electron chi connectivity index (χ4n) is 2.30. The van der Waals surface area contributed by atoms with Gasteiger partial charge >= 0.3 is 0 Å². The molecule has 1 saturated heterocycles. The molecule has 0 saturated carbocycles. The quantitative estimate of drug-likeness (QED) is 0.735. The van der Waals surface area contributed by atoms with Gasteiger partial charge in [-0.2, -0.15) is 0 Å². The minimum absolute atomic E-state index is 0.269. The molecular formula is C12H26N2O2S. The Morgan fingerprint density at radius 3 is 2.53 bits per heavy atom. The molecule has 0 radical (unpaired) electrons. The monoisotopic (exact) mass is 262 g/mol. The van der Waals surface area contributed by atoms with E-state index in [1.165, 1.54) is 12.8 Å². The third kappa shape index (κ3) is 6.38. The van der Waals surface area contributed by atoms with Crippen LogP contribution in [0.2, 0.25) is 0 Å². The molecule has 17 heavy (non-hydrogen) atoms. The lowest BCUT2D eigenvalue weighted by Gasteiger charge is -2.27. The molecule has 102 valence electrons. The molecule has 0 atom stereocenters. The predicted molar refractivity (Wildman–Crippen MR) is 72.0 cm³/mol. The Kier molecular flexibility index (Phi) is 6.44. The average Bonchev–Trinajstić information content (AvgIpc) is 2.30. The predicted octanol–water partition coefficient (Wildman–Crippen LogP) is 0.743. The van der Waals surface area contributed by atoms with Crippen molar-refractivity contribution in [3.05, 3.63) is 0 Å². The Labute approximate surface area is 106 Å². The van der Waals surface area contributed by atoms with Crippen molar-refractivity contribution in [1.29, 1.82) is 0 Å². The van der Waals surface area contributed by atoms with E-state index in [4.69, 9.17) is 0 Å². The fourth-order valence-corrected chi connectivity index (χ4v) is 3.15. The Morgan fingerprint density at radius 1 is 1.29 bits per heavy atom. The van der Waals surface area contributed by atoms with Gasteiger partial charge in [0.05, 0.1) is 5.75 Å². The van der Waals surface area contributed by atoms with Crippen LogP contribution in [-0.2, 0) is 9.84 Å². The van der Waals surface area contributed by atoms with Crippen molar-refractivity contribution in [3.8, 4) is 0 Å². The molecule has 0 bridgehead atoms. The largest absolute Gasteiger partial charge is 0.317 e. The summed E-state index contributed by atoms with van der Waals surface area (Å²) in [5, 5.41) is 3.36. The van der Waals surface area contributed by atoms with Crippen molar-refractivity contribution in [2.24, 2.45) is 5.92 Å². The lowest BCUT2D eigenvalue weighted by Crippen LogP contribution is -2.35. The lowest BCUT2D eigenvalue weighted by molar-refractivity contribution is 0.241. The van der Waals surface area contributed by atoms with Crippen molar-refractivity contribution in [3.63, 3.8) is 0 Å². The van der Waals surface area contributed by atoms with Crippen molar-refractivity contribution in [1.82, 2.24) is 10.2 Å². The summed E-state index contributed by atoms with van der Waals surface area (Å²) in [6, 6.07) is 0. The summed E-state index contributed by atoms with van der Waals surface area (Å²) in [7, 11) is -0.687. The normalized spacial score (nSPS) is 18.8. The highest BCUT2D eigenvalue weighted by Gasteiger charge is 2.15. The SMILES string of the molecule is CCS(=O)(=O)CCCN(C)CC1CCNCC1. The van der Waals surface area contributed by atoms with Gasteiger partial charge in [0.2, 0.25) is 0 Å². The highest BCUT2D eigenvalue weighted by molar-refractivity contribution is 7.91. The van der Waals surface area contributed by atoms with E-state index in [0.717, 1.165) is 38.5 Å². The molecule has 4 nitrogen and oxygen atoms in total. The maximum Gasteiger partial charge on any atom is 0.150 e. The van der Waals surface area contributed by atoms with Gasteiger partial charge in [0.1, 0.15) is 9.84 Å². The van der Waals surface area contributed by atoms with Gasteiger partial charge in [0.15, 0.2) is 0 Å². The summed E-state index contributed by atoms with van der Waals surface area (Å²) in [6.45, 7) is 5.97. The molecule has 1 fully saturated rings. The molecule has 1 N–H and O–H groups in total. The molecule has 0 amide bonds. The van der Waals surface area contributed by atoms with E-state index in [1.807, 2.05) is 0 Å². The number of hydrogen-bond donors (Lipinski definition) is 1. The smallest absolute Gasteiger partial charge is 0.150 e. The summed E-state index contributed by atoms with van der Waals surface area (Å²) < 4.78 is 22.7. The number of nitrogens with one attached hydrogen (secondary N) is 1. The molecular weight excluding hydrogens is 236 g/mol. The molecule has 0 unspecified atom stereocenters. The number of hydrogen-bond acceptors (Lipinski definition) is 4. The zero-order valence-electron chi connectivity index (χ0n) is 11.1. The van der Waals surface area contributed by atoms with Crippen molar-refractivity contribution >= 4 is 9.84 Å². The van der Waals surface area contributed by atoms with Gasteiger partial charge in [0.25, 0.3) is 0 Å². The van der Waals surface area contributed by atoms with E-state index < -0.39 is 9.84 Å². The molecule has 0 aromatic heterocycles. The molecule has 0 aromatic rings. The van der Waals surface area contributed by atoms with Gasteiger partial charge in [-0.1, -0.05) is 6.92 Å². The Balaban J connectivity index is 2.14. The number of piperidine rings is 1. The topological polar surface area (TPSA) is 49.4 Å². The van der Waals surface area contributed by atoms with Crippen LogP contribution in [0.4, 0.5) is 0 Å². The van der Waals surface area contributed by atoms with E-state index in [-0.39, 0.29) is 5.75 Å². The van der Waals surface area contributed by atoms with Crippen LogP contribution in [0.1, 0.15) is 26.2 Å². The number of nitrogens with zero attached hydrogens (tertiary/aromatic N) is 1. The first kappa shape index (κ1) is 14.9. The number of rotatable bonds is 7. The van der Waals surface area contributed by atoms with Gasteiger partial charge in [-0.15, -0.1) is 0 Å². The second-order valence-electron chi connectivity index (χ2n) is 5.05. The molecule has 1 heterocycles. The van der Waals surface area contributed by atoms with Crippen LogP contribution in [0.3, 0.4) is 0 Å². The van der Waals surface area contributed by atoms with Gasteiger partial charge in [-0.05, 0) is 51.9 Å². The second kappa shape index (κ2) is 7.34. The Hall–Kier alpha value is -0.130. The molecule has 0 spiro atoms. The average molecular weight is 262 g/mol. The molecule has 1 aliphatic rings. The third-order valence-corrected chi connectivity index (χ3v) is 5.25. The Morgan fingerprint density at radius 2 is 1.94 bits per heavy atom. The second-order valence-corrected chi connectivity index (χ2v) is 7.52. The first-order chi connectivity index (χ1) is 8.03. The number of sulfone groups is 1. The lowest BCUT2D eigenvalue weighted by atomic mass is 9.98. The van der Waals surface area contributed by atoms with E-state index in [0.29, 0.717) is 5.75 Å². The van der Waals surface area contributed by atoms with Crippen LogP contribution in [0, 0.1) is 5.92 Å². The highest BCUT2D eigenvalue weighted by atomic mass is 32.2. The Bertz CT molecular complexity index is 298. The zero-order valence-corrected chi connectivity index (χ0v) is 11.9. The highest BCUT2D eigenvalue weighted by Crippen LogP contribution is 2.12. The minimum atomic E-state index is -2.78. The molecule has 0 aliphatic carbocycles. The summed E-state index contributed by atoms with van der Waals surface area (Å²) in [4.78, 5) is 2.28. The third-order valence-electron chi connectivity index (χ3n) is 3.46. The standard InChI is InChI=1S/C12H26N2O2S/c1-3-17(15,16)10-4-9-14(2)11-12-5-7-13-8-6-12/h12-13H,3-11H2,1-2H3. The first-order valence-corrected chi connectivity index (χ1v) is 8.45.